The first-order valence-electron chi connectivity index (χ1n) is 4.92. The van der Waals surface area contributed by atoms with E-state index >= 15 is 0 Å². The van der Waals surface area contributed by atoms with Crippen LogP contribution in [-0.2, 0) is 9.59 Å². The molecular weight excluding hydrogens is 228 g/mol. The van der Waals surface area contributed by atoms with Gasteiger partial charge in [0.25, 0.3) is 0 Å². The van der Waals surface area contributed by atoms with Gasteiger partial charge >= 0.3 is 5.97 Å². The predicted octanol–water partition coefficient (Wildman–Crippen LogP) is 1.08. The van der Waals surface area contributed by atoms with Crippen LogP contribution >= 0.6 is 11.3 Å². The van der Waals surface area contributed by atoms with E-state index in [1.54, 1.807) is 6.20 Å². The highest BCUT2D eigenvalue weighted by Gasteiger charge is 2.20. The zero-order valence-electron chi connectivity index (χ0n) is 9.14. The lowest BCUT2D eigenvalue weighted by atomic mass is 10.1. The molecule has 0 spiro atoms. The number of hydrogen-bond donors (Lipinski definition) is 2. The Morgan fingerprint density at radius 3 is 2.75 bits per heavy atom. The first-order chi connectivity index (χ1) is 7.52. The van der Waals surface area contributed by atoms with Gasteiger partial charge in [-0.15, -0.1) is 11.3 Å². The number of nitrogens with one attached hydrogen (secondary N) is 1. The molecule has 1 aromatic heterocycles. The van der Waals surface area contributed by atoms with Gasteiger partial charge in [0.05, 0.1) is 5.01 Å². The number of carboxylic acid groups (broad SMARTS) is 1. The molecule has 1 amide bonds. The average molecular weight is 242 g/mol. The van der Waals surface area contributed by atoms with Crippen molar-refractivity contribution in [2.24, 2.45) is 5.92 Å². The van der Waals surface area contributed by atoms with Gasteiger partial charge in [-0.2, -0.15) is 0 Å². The first-order valence-corrected chi connectivity index (χ1v) is 5.80. The van der Waals surface area contributed by atoms with Gasteiger partial charge in [0.1, 0.15) is 5.92 Å². The minimum Gasteiger partial charge on any atom is -0.481 e. The second-order valence-electron chi connectivity index (χ2n) is 3.58. The Kier molecular flexibility index (Phi) is 4.42. The van der Waals surface area contributed by atoms with Crippen molar-refractivity contribution < 1.29 is 14.7 Å². The Morgan fingerprint density at radius 2 is 2.25 bits per heavy atom. The summed E-state index contributed by atoms with van der Waals surface area (Å²) in [5.41, 5.74) is 0. The Hall–Kier alpha value is -1.43. The number of carbonyl (C=O) groups is 2. The molecule has 0 radical (unpaired) electrons. The molecule has 16 heavy (non-hydrogen) atoms. The molecule has 2 atom stereocenters. The lowest BCUT2D eigenvalue weighted by Crippen LogP contribution is -2.35. The molecule has 0 fully saturated rings. The van der Waals surface area contributed by atoms with E-state index in [0.29, 0.717) is 6.54 Å². The molecule has 0 aliphatic carbocycles. The molecule has 0 saturated heterocycles. The third kappa shape index (κ3) is 3.30. The standard InChI is InChI=1S/C10H14N2O3S/c1-6(9-11-3-4-16-9)5-12-8(13)7(2)10(14)15/h3-4,6-7H,5H2,1-2H3,(H,12,13)(H,14,15). The lowest BCUT2D eigenvalue weighted by molar-refractivity contribution is -0.146. The molecule has 1 heterocycles. The topological polar surface area (TPSA) is 79.3 Å². The number of carboxylic acids is 1. The van der Waals surface area contributed by atoms with E-state index in [2.05, 4.69) is 10.3 Å². The summed E-state index contributed by atoms with van der Waals surface area (Å²) in [5, 5.41) is 14.0. The van der Waals surface area contributed by atoms with E-state index < -0.39 is 17.8 Å². The third-order valence-electron chi connectivity index (χ3n) is 2.22. The number of nitrogens with zero attached hydrogens (tertiary/aromatic N) is 1. The first kappa shape index (κ1) is 12.6. The van der Waals surface area contributed by atoms with Crippen LogP contribution in [-0.4, -0.2) is 28.5 Å². The van der Waals surface area contributed by atoms with E-state index in [0.717, 1.165) is 5.01 Å². The molecule has 2 N–H and O–H groups in total. The molecule has 1 aromatic rings. The van der Waals surface area contributed by atoms with Gasteiger partial charge in [-0.1, -0.05) is 6.92 Å². The summed E-state index contributed by atoms with van der Waals surface area (Å²) in [6.07, 6.45) is 1.71. The van der Waals surface area contributed by atoms with Crippen LogP contribution in [0, 0.1) is 5.92 Å². The molecule has 88 valence electrons. The van der Waals surface area contributed by atoms with Crippen LogP contribution in [0.5, 0.6) is 0 Å². The maximum atomic E-state index is 11.3. The highest BCUT2D eigenvalue weighted by molar-refractivity contribution is 7.09. The maximum Gasteiger partial charge on any atom is 0.315 e. The smallest absolute Gasteiger partial charge is 0.315 e. The summed E-state index contributed by atoms with van der Waals surface area (Å²) in [6.45, 7) is 3.71. The predicted molar refractivity (Wildman–Crippen MR) is 60.3 cm³/mol. The fourth-order valence-corrected chi connectivity index (χ4v) is 1.78. The summed E-state index contributed by atoms with van der Waals surface area (Å²) in [4.78, 5) is 26.0. The van der Waals surface area contributed by atoms with Crippen LogP contribution in [0.4, 0.5) is 0 Å². The zero-order chi connectivity index (χ0) is 12.1. The zero-order valence-corrected chi connectivity index (χ0v) is 9.95. The summed E-state index contributed by atoms with van der Waals surface area (Å²) >= 11 is 1.52. The van der Waals surface area contributed by atoms with Crippen molar-refractivity contribution in [1.29, 1.82) is 0 Å². The molecule has 0 bridgehead atoms. The van der Waals surface area contributed by atoms with Gasteiger partial charge in [-0.3, -0.25) is 9.59 Å². The van der Waals surface area contributed by atoms with Crippen LogP contribution in [0.3, 0.4) is 0 Å². The van der Waals surface area contributed by atoms with Crippen LogP contribution in [0.2, 0.25) is 0 Å². The number of aromatic nitrogens is 1. The molecule has 0 aromatic carbocycles. The Bertz CT molecular complexity index is 364. The quantitative estimate of drug-likeness (QED) is 0.757. The highest BCUT2D eigenvalue weighted by atomic mass is 32.1. The summed E-state index contributed by atoms with van der Waals surface area (Å²) in [6, 6.07) is 0. The molecule has 1 rings (SSSR count). The second-order valence-corrected chi connectivity index (χ2v) is 4.50. The molecule has 6 heteroatoms. The van der Waals surface area contributed by atoms with Crippen molar-refractivity contribution in [1.82, 2.24) is 10.3 Å². The number of hydrogen-bond acceptors (Lipinski definition) is 4. The third-order valence-corrected chi connectivity index (χ3v) is 3.23. The fourth-order valence-electron chi connectivity index (χ4n) is 1.08. The minimum absolute atomic E-state index is 0.102. The minimum atomic E-state index is -1.11. The second kappa shape index (κ2) is 5.60. The normalized spacial score (nSPS) is 14.1. The Labute approximate surface area is 97.5 Å². The summed E-state index contributed by atoms with van der Waals surface area (Å²) in [7, 11) is 0. The number of amides is 1. The van der Waals surface area contributed by atoms with Crippen LogP contribution in [0.15, 0.2) is 11.6 Å². The van der Waals surface area contributed by atoms with E-state index in [4.69, 9.17) is 5.11 Å². The van der Waals surface area contributed by atoms with Crippen molar-refractivity contribution in [3.05, 3.63) is 16.6 Å². The Morgan fingerprint density at radius 1 is 1.56 bits per heavy atom. The average Bonchev–Trinajstić information content (AvgIpc) is 2.77. The number of carbonyl (C=O) groups excluding carboxylic acids is 1. The molecule has 0 aliphatic heterocycles. The highest BCUT2D eigenvalue weighted by Crippen LogP contribution is 2.16. The number of aliphatic carboxylic acids is 1. The van der Waals surface area contributed by atoms with Crippen molar-refractivity contribution in [2.75, 3.05) is 6.54 Å². The lowest BCUT2D eigenvalue weighted by Gasteiger charge is -2.11. The van der Waals surface area contributed by atoms with Crippen LogP contribution in [0.25, 0.3) is 0 Å². The van der Waals surface area contributed by atoms with Gasteiger partial charge in [0, 0.05) is 24.0 Å². The molecule has 5 nitrogen and oxygen atoms in total. The van der Waals surface area contributed by atoms with Crippen LogP contribution < -0.4 is 5.32 Å². The van der Waals surface area contributed by atoms with Crippen molar-refractivity contribution >= 4 is 23.2 Å². The SMILES string of the molecule is CC(C(=O)O)C(=O)NCC(C)c1nccs1. The van der Waals surface area contributed by atoms with Gasteiger partial charge < -0.3 is 10.4 Å². The molecule has 2 unspecified atom stereocenters. The summed E-state index contributed by atoms with van der Waals surface area (Å²) in [5.74, 6) is -2.48. The van der Waals surface area contributed by atoms with E-state index in [1.807, 2.05) is 12.3 Å². The maximum absolute atomic E-state index is 11.3. The molecule has 0 aliphatic rings. The van der Waals surface area contributed by atoms with Gasteiger partial charge in [-0.25, -0.2) is 4.98 Å². The van der Waals surface area contributed by atoms with E-state index in [9.17, 15) is 9.59 Å². The number of thiazole rings is 1. The molecule has 0 saturated carbocycles. The monoisotopic (exact) mass is 242 g/mol. The fraction of sp³-hybridized carbons (Fsp3) is 0.500. The van der Waals surface area contributed by atoms with Crippen molar-refractivity contribution in [2.45, 2.75) is 19.8 Å². The van der Waals surface area contributed by atoms with Crippen molar-refractivity contribution in [3.8, 4) is 0 Å². The summed E-state index contributed by atoms with van der Waals surface area (Å²) < 4.78 is 0. The van der Waals surface area contributed by atoms with Gasteiger partial charge in [0.2, 0.25) is 5.91 Å². The Balaban J connectivity index is 2.40. The van der Waals surface area contributed by atoms with E-state index in [-0.39, 0.29) is 5.92 Å². The van der Waals surface area contributed by atoms with Crippen molar-refractivity contribution in [3.63, 3.8) is 0 Å². The largest absolute Gasteiger partial charge is 0.481 e. The number of rotatable bonds is 5. The van der Waals surface area contributed by atoms with E-state index in [1.165, 1.54) is 18.3 Å². The van der Waals surface area contributed by atoms with Gasteiger partial charge in [-0.05, 0) is 6.92 Å². The van der Waals surface area contributed by atoms with Crippen LogP contribution in [0.1, 0.15) is 24.8 Å². The molecular formula is C10H14N2O3S. The van der Waals surface area contributed by atoms with Gasteiger partial charge in [0.15, 0.2) is 0 Å².